The predicted molar refractivity (Wildman–Crippen MR) is 83.6 cm³/mol. The summed E-state index contributed by atoms with van der Waals surface area (Å²) in [5.74, 6) is 1.36. The maximum atomic E-state index is 2.23. The second-order valence-electron chi connectivity index (χ2n) is 5.33. The molecule has 1 aliphatic rings. The molecule has 0 bridgehead atoms. The van der Waals surface area contributed by atoms with E-state index < -0.39 is 0 Å². The third-order valence-electron chi connectivity index (χ3n) is 4.02. The number of hydrogen-bond acceptors (Lipinski definition) is 0. The van der Waals surface area contributed by atoms with Crippen LogP contribution in [0.5, 0.6) is 0 Å². The molecule has 0 aliphatic heterocycles. The lowest BCUT2D eigenvalue weighted by atomic mass is 9.89. The fourth-order valence-electron chi connectivity index (χ4n) is 3.05. The average Bonchev–Trinajstić information content (AvgIpc) is 2.83. The van der Waals surface area contributed by atoms with Crippen molar-refractivity contribution in [2.45, 2.75) is 6.92 Å². The minimum Gasteiger partial charge on any atom is -0.0619 e. The first-order chi connectivity index (χ1) is 9.84. The number of fused-ring (bicyclic) bond motifs is 3. The Kier molecular flexibility index (Phi) is 2.50. The van der Waals surface area contributed by atoms with Crippen LogP contribution < -0.4 is 0 Å². The van der Waals surface area contributed by atoms with E-state index in [9.17, 15) is 0 Å². The maximum absolute atomic E-state index is 2.23. The quantitative estimate of drug-likeness (QED) is 0.449. The molecule has 0 nitrogen and oxygen atoms in total. The van der Waals surface area contributed by atoms with Crippen LogP contribution in [0.1, 0.15) is 22.3 Å². The van der Waals surface area contributed by atoms with E-state index in [0.29, 0.717) is 0 Å². The van der Waals surface area contributed by atoms with Crippen LogP contribution in [-0.4, -0.2) is 0 Å². The summed E-state index contributed by atoms with van der Waals surface area (Å²) in [5, 5.41) is 0. The van der Waals surface area contributed by atoms with Gasteiger partial charge in [-0.15, -0.1) is 0 Å². The van der Waals surface area contributed by atoms with Gasteiger partial charge in [0.2, 0.25) is 0 Å². The Bertz CT molecular complexity index is 721. The van der Waals surface area contributed by atoms with E-state index in [1.165, 1.54) is 39.3 Å². The molecule has 0 heteroatoms. The molecule has 95 valence electrons. The van der Waals surface area contributed by atoms with Crippen molar-refractivity contribution in [1.82, 2.24) is 0 Å². The smallest absolute Gasteiger partial charge is 0.0619 e. The van der Waals surface area contributed by atoms with Crippen molar-refractivity contribution in [3.05, 3.63) is 101 Å². The van der Waals surface area contributed by atoms with E-state index in [2.05, 4.69) is 79.7 Å². The van der Waals surface area contributed by atoms with E-state index in [1.807, 2.05) is 0 Å². The second kappa shape index (κ2) is 4.35. The van der Waals surface area contributed by atoms with E-state index in [4.69, 9.17) is 0 Å². The summed E-state index contributed by atoms with van der Waals surface area (Å²) in [7, 11) is 0. The topological polar surface area (TPSA) is 0 Å². The molecule has 0 N–H and O–H groups in total. The molecular weight excluding hydrogens is 240 g/mol. The van der Waals surface area contributed by atoms with Crippen molar-refractivity contribution in [3.63, 3.8) is 0 Å². The van der Waals surface area contributed by atoms with Crippen LogP contribution in [0.4, 0.5) is 0 Å². The third-order valence-corrected chi connectivity index (χ3v) is 4.02. The average molecular weight is 255 g/mol. The van der Waals surface area contributed by atoms with Crippen molar-refractivity contribution in [2.75, 3.05) is 0 Å². The molecule has 0 spiro atoms. The molecule has 1 radical (unpaired) electrons. The number of hydrogen-bond donors (Lipinski definition) is 0. The molecule has 0 aromatic heterocycles. The standard InChI is InChI=1S/C20H15/c1-14-10-12-15(13-11-14)20-18-8-4-2-6-16(18)17-7-3-5-9-19(17)20/h2-13H,1H3. The Labute approximate surface area is 119 Å². The van der Waals surface area contributed by atoms with E-state index in [0.717, 1.165) is 0 Å². The highest BCUT2D eigenvalue weighted by molar-refractivity contribution is 5.86. The molecule has 0 fully saturated rings. The lowest BCUT2D eigenvalue weighted by Crippen LogP contribution is -1.99. The molecule has 20 heavy (non-hydrogen) atoms. The summed E-state index contributed by atoms with van der Waals surface area (Å²) in [6.45, 7) is 2.13. The molecule has 3 aromatic rings. The highest BCUT2D eigenvalue weighted by Crippen LogP contribution is 2.46. The van der Waals surface area contributed by atoms with Crippen LogP contribution in [0, 0.1) is 12.8 Å². The van der Waals surface area contributed by atoms with Gasteiger partial charge in [-0.2, -0.15) is 0 Å². The minimum absolute atomic E-state index is 1.30. The summed E-state index contributed by atoms with van der Waals surface area (Å²) in [6.07, 6.45) is 0. The summed E-state index contributed by atoms with van der Waals surface area (Å²) >= 11 is 0. The first-order valence-corrected chi connectivity index (χ1v) is 6.98. The Hall–Kier alpha value is -2.34. The monoisotopic (exact) mass is 255 g/mol. The van der Waals surface area contributed by atoms with Crippen LogP contribution >= 0.6 is 0 Å². The molecule has 0 amide bonds. The first-order valence-electron chi connectivity index (χ1n) is 6.98. The fraction of sp³-hybridized carbons (Fsp3) is 0.0500. The van der Waals surface area contributed by atoms with Crippen LogP contribution in [0.3, 0.4) is 0 Å². The van der Waals surface area contributed by atoms with Gasteiger partial charge >= 0.3 is 0 Å². The molecular formula is C20H15. The van der Waals surface area contributed by atoms with Crippen molar-refractivity contribution in [2.24, 2.45) is 0 Å². The second-order valence-corrected chi connectivity index (χ2v) is 5.33. The molecule has 3 aromatic carbocycles. The highest BCUT2D eigenvalue weighted by Gasteiger charge is 2.29. The molecule has 0 saturated carbocycles. The number of benzene rings is 3. The zero-order valence-corrected chi connectivity index (χ0v) is 11.4. The van der Waals surface area contributed by atoms with Gasteiger partial charge < -0.3 is 0 Å². The van der Waals surface area contributed by atoms with Crippen molar-refractivity contribution in [1.29, 1.82) is 0 Å². The lowest BCUT2D eigenvalue weighted by molar-refractivity contribution is 1.27. The van der Waals surface area contributed by atoms with Gasteiger partial charge in [-0.25, -0.2) is 0 Å². The molecule has 0 heterocycles. The van der Waals surface area contributed by atoms with E-state index in [1.54, 1.807) is 0 Å². The van der Waals surface area contributed by atoms with E-state index >= 15 is 0 Å². The SMILES string of the molecule is Cc1ccc([C]2c3ccccc3-c3ccccc32)cc1. The van der Waals surface area contributed by atoms with Gasteiger partial charge in [-0.05, 0) is 34.7 Å². The molecule has 0 unspecified atom stereocenters. The Balaban J connectivity index is 1.97. The number of aryl methyl sites for hydroxylation is 1. The van der Waals surface area contributed by atoms with Crippen molar-refractivity contribution in [3.8, 4) is 11.1 Å². The fourth-order valence-corrected chi connectivity index (χ4v) is 3.05. The predicted octanol–water partition coefficient (Wildman–Crippen LogP) is 4.99. The van der Waals surface area contributed by atoms with Crippen molar-refractivity contribution < 1.29 is 0 Å². The van der Waals surface area contributed by atoms with Crippen LogP contribution in [0.15, 0.2) is 72.8 Å². The Morgan fingerprint density at radius 1 is 0.500 bits per heavy atom. The van der Waals surface area contributed by atoms with Gasteiger partial charge in [0.25, 0.3) is 0 Å². The molecule has 0 saturated heterocycles. The lowest BCUT2D eigenvalue weighted by Gasteiger charge is -2.13. The van der Waals surface area contributed by atoms with Gasteiger partial charge in [0.1, 0.15) is 0 Å². The Morgan fingerprint density at radius 3 is 1.45 bits per heavy atom. The normalized spacial score (nSPS) is 13.1. The van der Waals surface area contributed by atoms with Gasteiger partial charge in [0.05, 0.1) is 5.92 Å². The molecule has 0 atom stereocenters. The van der Waals surface area contributed by atoms with Gasteiger partial charge in [0.15, 0.2) is 0 Å². The summed E-state index contributed by atoms with van der Waals surface area (Å²) in [6, 6.07) is 26.2. The highest BCUT2D eigenvalue weighted by atomic mass is 14.3. The first kappa shape index (κ1) is 11.5. The zero-order valence-electron chi connectivity index (χ0n) is 11.4. The third kappa shape index (κ3) is 1.61. The van der Waals surface area contributed by atoms with Crippen LogP contribution in [0.2, 0.25) is 0 Å². The van der Waals surface area contributed by atoms with Crippen LogP contribution in [0.25, 0.3) is 11.1 Å². The van der Waals surface area contributed by atoms with Crippen molar-refractivity contribution >= 4 is 0 Å². The van der Waals surface area contributed by atoms with Gasteiger partial charge in [0, 0.05) is 0 Å². The van der Waals surface area contributed by atoms with Gasteiger partial charge in [-0.1, -0.05) is 78.4 Å². The molecule has 1 aliphatic carbocycles. The van der Waals surface area contributed by atoms with Gasteiger partial charge in [-0.3, -0.25) is 0 Å². The molecule has 4 rings (SSSR count). The zero-order chi connectivity index (χ0) is 13.5. The minimum atomic E-state index is 1.30. The van der Waals surface area contributed by atoms with E-state index in [-0.39, 0.29) is 0 Å². The maximum Gasteiger partial charge on any atom is 0.0641 e. The largest absolute Gasteiger partial charge is 0.0641 e. The summed E-state index contributed by atoms with van der Waals surface area (Å²) < 4.78 is 0. The number of rotatable bonds is 1. The summed E-state index contributed by atoms with van der Waals surface area (Å²) in [5.41, 5.74) is 7.98. The Morgan fingerprint density at radius 2 is 0.950 bits per heavy atom. The van der Waals surface area contributed by atoms with Crippen LogP contribution in [-0.2, 0) is 0 Å². The summed E-state index contributed by atoms with van der Waals surface area (Å²) in [4.78, 5) is 0.